The van der Waals surface area contributed by atoms with Gasteiger partial charge in [0.1, 0.15) is 11.5 Å². The van der Waals surface area contributed by atoms with Gasteiger partial charge in [-0.1, -0.05) is 152 Å². The van der Waals surface area contributed by atoms with E-state index in [9.17, 15) is 0 Å². The first-order valence-corrected chi connectivity index (χ1v) is 17.5. The van der Waals surface area contributed by atoms with E-state index >= 15 is 0 Å². The van der Waals surface area contributed by atoms with Gasteiger partial charge in [0.15, 0.2) is 0 Å². The van der Waals surface area contributed by atoms with Gasteiger partial charge >= 0.3 is 0 Å². The van der Waals surface area contributed by atoms with Crippen LogP contribution in [0, 0.1) is 0 Å². The summed E-state index contributed by atoms with van der Waals surface area (Å²) in [6, 6.07) is 65.0. The van der Waals surface area contributed by atoms with Crippen molar-refractivity contribution in [1.82, 2.24) is 0 Å². The number of hydrogen-bond acceptors (Lipinski definition) is 1. The van der Waals surface area contributed by atoms with E-state index in [1.807, 2.05) is 0 Å². The van der Waals surface area contributed by atoms with E-state index in [0.717, 1.165) is 11.5 Å². The van der Waals surface area contributed by atoms with Crippen LogP contribution >= 0.6 is 0 Å². The Morgan fingerprint density at radius 3 is 1.60 bits per heavy atom. The van der Waals surface area contributed by atoms with Gasteiger partial charge in [-0.15, -0.1) is 0 Å². The molecule has 2 aliphatic carbocycles. The molecule has 0 N–H and O–H groups in total. The number of benzene rings is 8. The summed E-state index contributed by atoms with van der Waals surface area (Å²) in [6.07, 6.45) is 0. The number of rotatable bonds is 2. The third-order valence-corrected chi connectivity index (χ3v) is 11.8. The second-order valence-corrected chi connectivity index (χ2v) is 14.1. The van der Waals surface area contributed by atoms with Gasteiger partial charge in [-0.05, 0) is 103 Å². The molecule has 0 amide bonds. The second kappa shape index (κ2) is 9.94. The summed E-state index contributed by atoms with van der Waals surface area (Å²) in [4.78, 5) is 0. The highest BCUT2D eigenvalue weighted by molar-refractivity contribution is 6.02. The molecule has 2 unspecified atom stereocenters. The Morgan fingerprint density at radius 2 is 0.860 bits per heavy atom. The van der Waals surface area contributed by atoms with E-state index < -0.39 is 10.8 Å². The lowest BCUT2D eigenvalue weighted by atomic mass is 9.65. The lowest BCUT2D eigenvalue weighted by Crippen LogP contribution is -2.31. The van der Waals surface area contributed by atoms with Crippen LogP contribution in [0.15, 0.2) is 176 Å². The fraction of sp³-hybridized carbons (Fsp3) is 0.0612. The first-order valence-electron chi connectivity index (χ1n) is 17.5. The number of ether oxygens (including phenoxy) is 1. The number of para-hydroxylation sites is 1. The fourth-order valence-electron chi connectivity index (χ4n) is 9.76. The van der Waals surface area contributed by atoms with Gasteiger partial charge in [0.2, 0.25) is 0 Å². The first-order chi connectivity index (χ1) is 24.7. The Kier molecular flexibility index (Phi) is 5.51. The fourth-order valence-corrected chi connectivity index (χ4v) is 9.76. The van der Waals surface area contributed by atoms with Crippen molar-refractivity contribution in [3.63, 3.8) is 0 Å². The van der Waals surface area contributed by atoms with Gasteiger partial charge in [0, 0.05) is 11.1 Å². The molecule has 1 aliphatic heterocycles. The molecule has 1 spiro atoms. The highest BCUT2D eigenvalue weighted by Crippen LogP contribution is 2.66. The van der Waals surface area contributed by atoms with Crippen LogP contribution in [0.4, 0.5) is 0 Å². The molecular formula is C49H32O. The molecule has 3 aliphatic rings. The van der Waals surface area contributed by atoms with E-state index in [1.165, 1.54) is 83.1 Å². The normalized spacial score (nSPS) is 18.8. The smallest absolute Gasteiger partial charge is 0.132 e. The minimum absolute atomic E-state index is 0.453. The Hall–Kier alpha value is -6.18. The standard InChI is InChI=1S/C49H32O/c1-48(33-17-3-2-4-18-33)42-26-11-12-27-44(42)50-45-28-14-23-38(47(45)48)37-22-13-21-36-34-19-7-9-24-40(34)49(46(36)37)41-25-10-8-20-35(41)39-29-31-15-5-6-16-32(31)30-43(39)49/h2-30H,1H3. The van der Waals surface area contributed by atoms with E-state index in [2.05, 4.69) is 183 Å². The molecular weight excluding hydrogens is 605 g/mol. The molecule has 1 heterocycles. The summed E-state index contributed by atoms with van der Waals surface area (Å²) >= 11 is 0. The largest absolute Gasteiger partial charge is 0.457 e. The minimum atomic E-state index is -0.488. The summed E-state index contributed by atoms with van der Waals surface area (Å²) in [5.74, 6) is 1.82. The van der Waals surface area contributed by atoms with Crippen LogP contribution in [0.5, 0.6) is 11.5 Å². The van der Waals surface area contributed by atoms with Gasteiger partial charge in [-0.25, -0.2) is 0 Å². The maximum absolute atomic E-state index is 6.82. The zero-order valence-electron chi connectivity index (χ0n) is 27.7. The summed E-state index contributed by atoms with van der Waals surface area (Å²) in [5, 5.41) is 2.53. The average Bonchev–Trinajstić information content (AvgIpc) is 3.64. The third kappa shape index (κ3) is 3.37. The zero-order chi connectivity index (χ0) is 33.0. The lowest BCUT2D eigenvalue weighted by Gasteiger charge is -2.40. The van der Waals surface area contributed by atoms with Crippen LogP contribution in [0.3, 0.4) is 0 Å². The van der Waals surface area contributed by atoms with Gasteiger partial charge in [-0.2, -0.15) is 0 Å². The molecule has 0 bridgehead atoms. The lowest BCUT2D eigenvalue weighted by molar-refractivity contribution is 0.428. The summed E-state index contributed by atoms with van der Waals surface area (Å²) < 4.78 is 6.82. The molecule has 234 valence electrons. The summed E-state index contributed by atoms with van der Waals surface area (Å²) in [7, 11) is 0. The minimum Gasteiger partial charge on any atom is -0.457 e. The van der Waals surface area contributed by atoms with Crippen LogP contribution < -0.4 is 4.74 Å². The SMILES string of the molecule is CC1(c2ccccc2)c2ccccc2Oc2cccc(-c3cccc4c3C3(c5ccccc5-c5cc6ccccc6cc53)c3ccccc3-4)c21. The molecule has 8 aromatic rings. The Morgan fingerprint density at radius 1 is 0.360 bits per heavy atom. The van der Waals surface area contributed by atoms with Crippen molar-refractivity contribution in [2.75, 3.05) is 0 Å². The number of hydrogen-bond donors (Lipinski definition) is 0. The molecule has 11 rings (SSSR count). The molecule has 0 saturated carbocycles. The molecule has 50 heavy (non-hydrogen) atoms. The maximum Gasteiger partial charge on any atom is 0.132 e. The third-order valence-electron chi connectivity index (χ3n) is 11.8. The molecule has 8 aromatic carbocycles. The highest BCUT2D eigenvalue weighted by Gasteiger charge is 2.53. The molecule has 1 nitrogen and oxygen atoms in total. The topological polar surface area (TPSA) is 9.23 Å². The van der Waals surface area contributed by atoms with Crippen LogP contribution in [-0.2, 0) is 10.8 Å². The van der Waals surface area contributed by atoms with Crippen LogP contribution in [0.2, 0.25) is 0 Å². The molecule has 0 saturated heterocycles. The van der Waals surface area contributed by atoms with Gasteiger partial charge in [0.25, 0.3) is 0 Å². The van der Waals surface area contributed by atoms with Gasteiger partial charge in [-0.3, -0.25) is 0 Å². The molecule has 0 aromatic heterocycles. The summed E-state index contributed by atoms with van der Waals surface area (Å²) in [5.41, 5.74) is 15.8. The van der Waals surface area contributed by atoms with Crippen molar-refractivity contribution in [2.24, 2.45) is 0 Å². The predicted octanol–water partition coefficient (Wildman–Crippen LogP) is 12.3. The highest BCUT2D eigenvalue weighted by atomic mass is 16.5. The summed E-state index contributed by atoms with van der Waals surface area (Å²) in [6.45, 7) is 2.38. The predicted molar refractivity (Wildman–Crippen MR) is 204 cm³/mol. The Bertz CT molecular complexity index is 2700. The first kappa shape index (κ1) is 27.7. The van der Waals surface area contributed by atoms with Gasteiger partial charge < -0.3 is 4.74 Å². The number of fused-ring (bicyclic) bond motifs is 13. The van der Waals surface area contributed by atoms with E-state index in [-0.39, 0.29) is 0 Å². The van der Waals surface area contributed by atoms with Crippen molar-refractivity contribution in [3.05, 3.63) is 215 Å². The van der Waals surface area contributed by atoms with Crippen molar-refractivity contribution >= 4 is 10.8 Å². The van der Waals surface area contributed by atoms with E-state index in [0.29, 0.717) is 0 Å². The van der Waals surface area contributed by atoms with Crippen molar-refractivity contribution in [2.45, 2.75) is 17.8 Å². The average molecular weight is 637 g/mol. The van der Waals surface area contributed by atoms with Crippen LogP contribution in [0.1, 0.15) is 45.9 Å². The molecule has 2 atom stereocenters. The molecule has 0 radical (unpaired) electrons. The Balaban J connectivity index is 1.29. The van der Waals surface area contributed by atoms with E-state index in [1.54, 1.807) is 0 Å². The monoisotopic (exact) mass is 636 g/mol. The van der Waals surface area contributed by atoms with Crippen molar-refractivity contribution in [3.8, 4) is 44.9 Å². The second-order valence-electron chi connectivity index (χ2n) is 14.1. The zero-order valence-corrected chi connectivity index (χ0v) is 27.7. The van der Waals surface area contributed by atoms with Crippen LogP contribution in [-0.4, -0.2) is 0 Å². The van der Waals surface area contributed by atoms with Crippen molar-refractivity contribution in [1.29, 1.82) is 0 Å². The maximum atomic E-state index is 6.82. The Labute approximate surface area is 292 Å². The van der Waals surface area contributed by atoms with E-state index in [4.69, 9.17) is 4.74 Å². The van der Waals surface area contributed by atoms with Gasteiger partial charge in [0.05, 0.1) is 10.8 Å². The van der Waals surface area contributed by atoms with Crippen LogP contribution in [0.25, 0.3) is 44.2 Å². The molecule has 1 heteroatoms. The van der Waals surface area contributed by atoms with Crippen molar-refractivity contribution < 1.29 is 4.74 Å². The molecule has 0 fully saturated rings. The quantitative estimate of drug-likeness (QED) is 0.183.